The van der Waals surface area contributed by atoms with Crippen LogP contribution < -0.4 is 0 Å². The summed E-state index contributed by atoms with van der Waals surface area (Å²) in [6.07, 6.45) is 5.70. The molecule has 16 heavy (non-hydrogen) atoms. The lowest BCUT2D eigenvalue weighted by atomic mass is 10.0. The standard InChI is InChI=1S/C12H22O3S/c1-9(12(13)15-3)10(2)16(14)11-7-5-4-6-8-11/h9-11H,4-8H2,1-3H3. The number of ether oxygens (including phenoxy) is 1. The van der Waals surface area contributed by atoms with Gasteiger partial charge in [0.2, 0.25) is 0 Å². The average Bonchev–Trinajstić information content (AvgIpc) is 2.36. The third-order valence-electron chi connectivity index (χ3n) is 3.52. The van der Waals surface area contributed by atoms with E-state index in [1.807, 2.05) is 6.92 Å². The highest BCUT2D eigenvalue weighted by atomic mass is 32.2. The molecular weight excluding hydrogens is 224 g/mol. The molecule has 0 aromatic rings. The maximum atomic E-state index is 12.3. The Morgan fingerprint density at radius 2 is 1.81 bits per heavy atom. The third-order valence-corrected chi connectivity index (χ3v) is 5.79. The summed E-state index contributed by atoms with van der Waals surface area (Å²) >= 11 is 0. The molecule has 0 saturated heterocycles. The van der Waals surface area contributed by atoms with E-state index >= 15 is 0 Å². The molecule has 0 heterocycles. The Kier molecular flexibility index (Phi) is 5.46. The summed E-state index contributed by atoms with van der Waals surface area (Å²) in [7, 11) is 0.480. The molecule has 0 N–H and O–H groups in total. The second-order valence-corrected chi connectivity index (χ2v) is 6.67. The maximum absolute atomic E-state index is 12.3. The van der Waals surface area contributed by atoms with Gasteiger partial charge in [-0.2, -0.15) is 0 Å². The quantitative estimate of drug-likeness (QED) is 0.715. The lowest BCUT2D eigenvalue weighted by molar-refractivity contribution is -0.144. The summed E-state index contributed by atoms with van der Waals surface area (Å²) in [6.45, 7) is 3.70. The molecule has 0 aromatic heterocycles. The van der Waals surface area contributed by atoms with Gasteiger partial charge in [-0.3, -0.25) is 9.00 Å². The number of carbonyl (C=O) groups excluding carboxylic acids is 1. The number of carbonyl (C=O) groups is 1. The first-order valence-corrected chi connectivity index (χ1v) is 7.32. The van der Waals surface area contributed by atoms with Crippen LogP contribution in [0, 0.1) is 5.92 Å². The van der Waals surface area contributed by atoms with Crippen LogP contribution in [-0.2, 0) is 20.3 Å². The van der Waals surface area contributed by atoms with Crippen molar-refractivity contribution in [1.82, 2.24) is 0 Å². The molecule has 3 nitrogen and oxygen atoms in total. The molecule has 3 atom stereocenters. The molecule has 0 amide bonds. The number of rotatable bonds is 4. The Bertz CT molecular complexity index is 259. The van der Waals surface area contributed by atoms with Crippen LogP contribution >= 0.6 is 0 Å². The maximum Gasteiger partial charge on any atom is 0.309 e. The van der Waals surface area contributed by atoms with Gasteiger partial charge < -0.3 is 4.74 Å². The highest BCUT2D eigenvalue weighted by Crippen LogP contribution is 2.26. The molecule has 0 aromatic carbocycles. The molecule has 3 unspecified atom stereocenters. The van der Waals surface area contributed by atoms with Crippen molar-refractivity contribution in [2.75, 3.05) is 7.11 Å². The molecule has 94 valence electrons. The van der Waals surface area contributed by atoms with Crippen molar-refractivity contribution in [3.05, 3.63) is 0 Å². The molecule has 1 saturated carbocycles. The number of hydrogen-bond donors (Lipinski definition) is 0. The van der Waals surface area contributed by atoms with E-state index in [1.54, 1.807) is 6.92 Å². The van der Waals surface area contributed by atoms with Crippen LogP contribution in [0.25, 0.3) is 0 Å². The Hall–Kier alpha value is -0.380. The van der Waals surface area contributed by atoms with Gasteiger partial charge >= 0.3 is 5.97 Å². The second kappa shape index (κ2) is 6.38. The molecule has 1 aliphatic rings. The predicted octanol–water partition coefficient (Wildman–Crippen LogP) is 2.27. The van der Waals surface area contributed by atoms with Crippen molar-refractivity contribution >= 4 is 16.8 Å². The first-order chi connectivity index (χ1) is 7.57. The normalized spacial score (nSPS) is 23.4. The van der Waals surface area contributed by atoms with Crippen molar-refractivity contribution in [3.8, 4) is 0 Å². The lowest BCUT2D eigenvalue weighted by Crippen LogP contribution is -2.34. The van der Waals surface area contributed by atoms with Gasteiger partial charge in [0.25, 0.3) is 0 Å². The highest BCUT2D eigenvalue weighted by molar-refractivity contribution is 7.86. The summed E-state index contributed by atoms with van der Waals surface area (Å²) in [4.78, 5) is 11.4. The molecule has 0 spiro atoms. The van der Waals surface area contributed by atoms with Gasteiger partial charge in [0.05, 0.1) is 13.0 Å². The summed E-state index contributed by atoms with van der Waals surface area (Å²) in [5, 5.41) is 0.186. The topological polar surface area (TPSA) is 43.4 Å². The minimum Gasteiger partial charge on any atom is -0.469 e. The smallest absolute Gasteiger partial charge is 0.309 e. The monoisotopic (exact) mass is 246 g/mol. The van der Waals surface area contributed by atoms with Gasteiger partial charge in [-0.25, -0.2) is 0 Å². The van der Waals surface area contributed by atoms with Crippen LogP contribution in [-0.4, -0.2) is 27.8 Å². The number of hydrogen-bond acceptors (Lipinski definition) is 3. The van der Waals surface area contributed by atoms with Crippen molar-refractivity contribution < 1.29 is 13.7 Å². The largest absolute Gasteiger partial charge is 0.469 e. The first-order valence-electron chi connectivity index (χ1n) is 6.05. The summed E-state index contributed by atoms with van der Waals surface area (Å²) < 4.78 is 17.0. The average molecular weight is 246 g/mol. The summed E-state index contributed by atoms with van der Waals surface area (Å²) in [6, 6.07) is 0. The molecule has 1 aliphatic carbocycles. The van der Waals surface area contributed by atoms with Crippen LogP contribution in [0.5, 0.6) is 0 Å². The van der Waals surface area contributed by atoms with Crippen LogP contribution in [0.1, 0.15) is 46.0 Å². The summed E-state index contributed by atoms with van der Waals surface area (Å²) in [5.41, 5.74) is 0. The molecule has 0 bridgehead atoms. The first kappa shape index (κ1) is 13.7. The Morgan fingerprint density at radius 3 is 2.31 bits per heavy atom. The molecule has 1 rings (SSSR count). The SMILES string of the molecule is COC(=O)C(C)C(C)S(=O)C1CCCCC1. The minimum atomic E-state index is -0.904. The predicted molar refractivity (Wildman–Crippen MR) is 65.7 cm³/mol. The fourth-order valence-corrected chi connectivity index (χ4v) is 4.10. The Labute approximate surface area is 100 Å². The van der Waals surface area contributed by atoms with Crippen molar-refractivity contribution in [2.24, 2.45) is 5.92 Å². The van der Waals surface area contributed by atoms with Crippen LogP contribution in [0.15, 0.2) is 0 Å². The van der Waals surface area contributed by atoms with E-state index in [2.05, 4.69) is 0 Å². The zero-order chi connectivity index (χ0) is 12.1. The van der Waals surface area contributed by atoms with Gasteiger partial charge in [-0.1, -0.05) is 26.2 Å². The third kappa shape index (κ3) is 3.30. The lowest BCUT2D eigenvalue weighted by Gasteiger charge is -2.26. The molecule has 0 aliphatic heterocycles. The van der Waals surface area contributed by atoms with Crippen molar-refractivity contribution in [3.63, 3.8) is 0 Å². The van der Waals surface area contributed by atoms with E-state index in [4.69, 9.17) is 4.74 Å². The second-order valence-electron chi connectivity index (χ2n) is 4.61. The van der Waals surface area contributed by atoms with Crippen LogP contribution in [0.2, 0.25) is 0 Å². The van der Waals surface area contributed by atoms with E-state index in [9.17, 15) is 9.00 Å². The Morgan fingerprint density at radius 1 is 1.25 bits per heavy atom. The van der Waals surface area contributed by atoms with E-state index < -0.39 is 10.8 Å². The van der Waals surface area contributed by atoms with E-state index in [-0.39, 0.29) is 22.4 Å². The number of methoxy groups -OCH3 is 1. The fourth-order valence-electron chi connectivity index (χ4n) is 2.18. The van der Waals surface area contributed by atoms with Gasteiger partial charge in [-0.05, 0) is 19.8 Å². The van der Waals surface area contributed by atoms with Gasteiger partial charge in [0.15, 0.2) is 0 Å². The fraction of sp³-hybridized carbons (Fsp3) is 0.917. The zero-order valence-electron chi connectivity index (χ0n) is 10.4. The molecular formula is C12H22O3S. The van der Waals surface area contributed by atoms with Gasteiger partial charge in [0.1, 0.15) is 0 Å². The van der Waals surface area contributed by atoms with Crippen molar-refractivity contribution in [2.45, 2.75) is 56.5 Å². The molecule has 4 heteroatoms. The van der Waals surface area contributed by atoms with Crippen LogP contribution in [0.3, 0.4) is 0 Å². The van der Waals surface area contributed by atoms with Crippen molar-refractivity contribution in [1.29, 1.82) is 0 Å². The van der Waals surface area contributed by atoms with E-state index in [1.165, 1.54) is 26.4 Å². The zero-order valence-corrected chi connectivity index (χ0v) is 11.2. The van der Waals surface area contributed by atoms with E-state index in [0.29, 0.717) is 0 Å². The minimum absolute atomic E-state index is 0.101. The van der Waals surface area contributed by atoms with E-state index in [0.717, 1.165) is 12.8 Å². The molecule has 0 radical (unpaired) electrons. The molecule has 1 fully saturated rings. The Balaban J connectivity index is 2.54. The number of esters is 1. The summed E-state index contributed by atoms with van der Waals surface area (Å²) in [5.74, 6) is -0.524. The van der Waals surface area contributed by atoms with Gasteiger partial charge in [0, 0.05) is 21.3 Å². The highest BCUT2D eigenvalue weighted by Gasteiger charge is 2.30. The van der Waals surface area contributed by atoms with Crippen LogP contribution in [0.4, 0.5) is 0 Å². The van der Waals surface area contributed by atoms with Gasteiger partial charge in [-0.15, -0.1) is 0 Å².